The van der Waals surface area contributed by atoms with Gasteiger partial charge in [0, 0.05) is 12.5 Å². The molecular weight excluding hydrogens is 394 g/mol. The number of furan rings is 1. The first-order valence-electron chi connectivity index (χ1n) is 11.2. The standard InChI is InChI=1S/C24H31N3O4/c28-23(27(18-22-7-4-14-31-22)17-20-5-2-1-3-6-20)19-26(24(29)21-8-9-21)11-10-25-12-15-30-16-13-25/h1-7,14,21H,8-13,15-19H2/p+1. The molecule has 2 heterocycles. The number of carbonyl (C=O) groups excluding carboxylic acids is 2. The van der Waals surface area contributed by atoms with Gasteiger partial charge in [-0.2, -0.15) is 0 Å². The number of quaternary nitrogens is 1. The van der Waals surface area contributed by atoms with Crippen molar-refractivity contribution in [3.8, 4) is 0 Å². The van der Waals surface area contributed by atoms with E-state index in [0.717, 1.165) is 57.0 Å². The highest BCUT2D eigenvalue weighted by Gasteiger charge is 2.35. The summed E-state index contributed by atoms with van der Waals surface area (Å²) in [7, 11) is 0. The van der Waals surface area contributed by atoms with Crippen LogP contribution in [0.15, 0.2) is 53.1 Å². The Morgan fingerprint density at radius 3 is 2.42 bits per heavy atom. The molecule has 2 aliphatic rings. The lowest BCUT2D eigenvalue weighted by Gasteiger charge is -2.30. The van der Waals surface area contributed by atoms with Crippen LogP contribution in [0.2, 0.25) is 0 Å². The van der Waals surface area contributed by atoms with E-state index in [1.54, 1.807) is 16.1 Å². The van der Waals surface area contributed by atoms with E-state index in [2.05, 4.69) is 0 Å². The summed E-state index contributed by atoms with van der Waals surface area (Å²) in [6, 6.07) is 13.6. The molecule has 166 valence electrons. The van der Waals surface area contributed by atoms with E-state index in [1.165, 1.54) is 4.90 Å². The van der Waals surface area contributed by atoms with Crippen LogP contribution in [0.3, 0.4) is 0 Å². The first kappa shape index (κ1) is 21.6. The summed E-state index contributed by atoms with van der Waals surface area (Å²) in [5, 5.41) is 0. The minimum Gasteiger partial charge on any atom is -0.467 e. The molecule has 1 saturated heterocycles. The zero-order valence-corrected chi connectivity index (χ0v) is 18.0. The van der Waals surface area contributed by atoms with Crippen molar-refractivity contribution in [3.63, 3.8) is 0 Å². The Balaban J connectivity index is 1.42. The molecule has 1 aromatic carbocycles. The molecule has 0 atom stereocenters. The number of rotatable bonds is 10. The summed E-state index contributed by atoms with van der Waals surface area (Å²) in [5.74, 6) is 0.909. The van der Waals surface area contributed by atoms with Crippen LogP contribution >= 0.6 is 0 Å². The highest BCUT2D eigenvalue weighted by Crippen LogP contribution is 2.31. The molecule has 0 unspecified atom stereocenters. The fraction of sp³-hybridized carbons (Fsp3) is 0.500. The van der Waals surface area contributed by atoms with E-state index in [4.69, 9.17) is 9.15 Å². The second-order valence-corrected chi connectivity index (χ2v) is 8.46. The first-order valence-corrected chi connectivity index (χ1v) is 11.2. The van der Waals surface area contributed by atoms with Crippen molar-refractivity contribution in [3.05, 3.63) is 60.1 Å². The second-order valence-electron chi connectivity index (χ2n) is 8.46. The summed E-state index contributed by atoms with van der Waals surface area (Å²) in [6.45, 7) is 5.89. The van der Waals surface area contributed by atoms with Gasteiger partial charge in [0.05, 0.1) is 45.7 Å². The van der Waals surface area contributed by atoms with E-state index in [1.807, 2.05) is 42.5 Å². The maximum atomic E-state index is 13.3. The molecular formula is C24H32N3O4+. The number of nitrogens with one attached hydrogen (secondary N) is 1. The molecule has 1 aromatic heterocycles. The second kappa shape index (κ2) is 10.6. The first-order chi connectivity index (χ1) is 15.2. The van der Waals surface area contributed by atoms with Crippen LogP contribution < -0.4 is 4.90 Å². The molecule has 2 amide bonds. The van der Waals surface area contributed by atoms with Crippen LogP contribution in [-0.2, 0) is 27.4 Å². The summed E-state index contributed by atoms with van der Waals surface area (Å²) < 4.78 is 10.9. The van der Waals surface area contributed by atoms with Gasteiger partial charge in [-0.15, -0.1) is 0 Å². The van der Waals surface area contributed by atoms with Crippen LogP contribution in [0, 0.1) is 5.92 Å². The van der Waals surface area contributed by atoms with Gasteiger partial charge in [0.2, 0.25) is 11.8 Å². The SMILES string of the molecule is O=C(CN(CC[NH+]1CCOCC1)C(=O)C1CC1)N(Cc1ccccc1)Cc1ccco1. The number of nitrogens with zero attached hydrogens (tertiary/aromatic N) is 2. The lowest BCUT2D eigenvalue weighted by atomic mass is 10.2. The molecule has 2 fully saturated rings. The Kier molecular flexibility index (Phi) is 7.38. The number of hydrogen-bond donors (Lipinski definition) is 1. The average Bonchev–Trinajstić information content (AvgIpc) is 3.53. The van der Waals surface area contributed by atoms with Gasteiger partial charge in [-0.3, -0.25) is 9.59 Å². The van der Waals surface area contributed by atoms with E-state index in [9.17, 15) is 9.59 Å². The molecule has 0 spiro atoms. The van der Waals surface area contributed by atoms with Crippen LogP contribution in [0.4, 0.5) is 0 Å². The number of hydrogen-bond acceptors (Lipinski definition) is 4. The maximum Gasteiger partial charge on any atom is 0.242 e. The van der Waals surface area contributed by atoms with Crippen LogP contribution in [0.1, 0.15) is 24.2 Å². The lowest BCUT2D eigenvalue weighted by molar-refractivity contribution is -0.907. The normalized spacial score (nSPS) is 16.8. The van der Waals surface area contributed by atoms with Crippen LogP contribution in [0.5, 0.6) is 0 Å². The quantitative estimate of drug-likeness (QED) is 0.615. The third kappa shape index (κ3) is 6.42. The van der Waals surface area contributed by atoms with Crippen molar-refractivity contribution in [2.24, 2.45) is 5.92 Å². The largest absolute Gasteiger partial charge is 0.467 e. The van der Waals surface area contributed by atoms with Gasteiger partial charge >= 0.3 is 0 Å². The monoisotopic (exact) mass is 426 g/mol. The van der Waals surface area contributed by atoms with Gasteiger partial charge in [-0.25, -0.2) is 0 Å². The Morgan fingerprint density at radius 2 is 1.74 bits per heavy atom. The van der Waals surface area contributed by atoms with Crippen molar-refractivity contribution in [2.75, 3.05) is 45.9 Å². The van der Waals surface area contributed by atoms with E-state index in [-0.39, 0.29) is 24.3 Å². The molecule has 0 bridgehead atoms. The van der Waals surface area contributed by atoms with Crippen LogP contribution in [0.25, 0.3) is 0 Å². The highest BCUT2D eigenvalue weighted by atomic mass is 16.5. The fourth-order valence-electron chi connectivity index (χ4n) is 3.95. The molecule has 1 saturated carbocycles. The molecule has 1 aliphatic heterocycles. The molecule has 1 N–H and O–H groups in total. The van der Waals surface area contributed by atoms with Crippen molar-refractivity contribution >= 4 is 11.8 Å². The molecule has 2 aromatic rings. The van der Waals surface area contributed by atoms with Crippen molar-refractivity contribution < 1.29 is 23.6 Å². The molecule has 31 heavy (non-hydrogen) atoms. The molecule has 7 nitrogen and oxygen atoms in total. The van der Waals surface area contributed by atoms with Crippen molar-refractivity contribution in [1.29, 1.82) is 0 Å². The van der Waals surface area contributed by atoms with Crippen LogP contribution in [-0.4, -0.2) is 67.6 Å². The zero-order valence-electron chi connectivity index (χ0n) is 18.0. The third-order valence-electron chi connectivity index (χ3n) is 6.00. The average molecular weight is 427 g/mol. The Hall–Kier alpha value is -2.64. The van der Waals surface area contributed by atoms with Gasteiger partial charge in [0.1, 0.15) is 18.8 Å². The van der Waals surface area contributed by atoms with Gasteiger partial charge in [-0.05, 0) is 30.5 Å². The Labute approximate surface area is 183 Å². The van der Waals surface area contributed by atoms with E-state index in [0.29, 0.717) is 19.6 Å². The van der Waals surface area contributed by atoms with Gasteiger partial charge in [0.25, 0.3) is 0 Å². The molecule has 1 aliphatic carbocycles. The number of morpholine rings is 1. The van der Waals surface area contributed by atoms with Gasteiger partial charge in [-0.1, -0.05) is 30.3 Å². The minimum absolute atomic E-state index is 0.0498. The summed E-state index contributed by atoms with van der Waals surface area (Å²) >= 11 is 0. The number of benzene rings is 1. The molecule has 7 heteroatoms. The summed E-state index contributed by atoms with van der Waals surface area (Å²) in [6.07, 6.45) is 3.50. The van der Waals surface area contributed by atoms with E-state index < -0.39 is 0 Å². The Bertz CT molecular complexity index is 830. The highest BCUT2D eigenvalue weighted by molar-refractivity contribution is 5.87. The number of ether oxygens (including phenoxy) is 1. The maximum absolute atomic E-state index is 13.3. The predicted molar refractivity (Wildman–Crippen MR) is 115 cm³/mol. The predicted octanol–water partition coefficient (Wildman–Crippen LogP) is 0.962. The lowest BCUT2D eigenvalue weighted by Crippen LogP contribution is -3.14. The number of carbonyl (C=O) groups is 2. The van der Waals surface area contributed by atoms with Gasteiger partial charge in [0.15, 0.2) is 0 Å². The van der Waals surface area contributed by atoms with Gasteiger partial charge < -0.3 is 23.9 Å². The van der Waals surface area contributed by atoms with E-state index >= 15 is 0 Å². The minimum atomic E-state index is -0.0498. The fourth-order valence-corrected chi connectivity index (χ4v) is 3.95. The third-order valence-corrected chi connectivity index (χ3v) is 6.00. The molecule has 0 radical (unpaired) electrons. The topological polar surface area (TPSA) is 67.4 Å². The zero-order chi connectivity index (χ0) is 21.5. The van der Waals surface area contributed by atoms with Crippen molar-refractivity contribution in [1.82, 2.24) is 9.80 Å². The summed E-state index contributed by atoms with van der Waals surface area (Å²) in [5.41, 5.74) is 1.06. The number of amides is 2. The molecule has 4 rings (SSSR count). The summed E-state index contributed by atoms with van der Waals surface area (Å²) in [4.78, 5) is 31.3. The van der Waals surface area contributed by atoms with Crippen molar-refractivity contribution in [2.45, 2.75) is 25.9 Å². The smallest absolute Gasteiger partial charge is 0.242 e. The Morgan fingerprint density at radius 1 is 0.968 bits per heavy atom.